The third-order valence-electron chi connectivity index (χ3n) is 5.58. The molecule has 3 aromatic rings. The van der Waals surface area contributed by atoms with E-state index in [1.807, 2.05) is 6.92 Å². The maximum Gasteiger partial charge on any atom is 0.235 e. The zero-order valence-electron chi connectivity index (χ0n) is 16.8. The fraction of sp³-hybridized carbons (Fsp3) is 0.409. The number of nitriles is 1. The fourth-order valence-electron chi connectivity index (χ4n) is 3.73. The highest BCUT2D eigenvalue weighted by atomic mass is 32.1. The maximum atomic E-state index is 9.33. The number of anilines is 1. The molecule has 7 nitrogen and oxygen atoms in total. The quantitative estimate of drug-likeness (QED) is 0.599. The summed E-state index contributed by atoms with van der Waals surface area (Å²) < 4.78 is 5.98. The number of nitrogens with zero attached hydrogens (tertiary/aromatic N) is 6. The Morgan fingerprint density at radius 3 is 2.73 bits per heavy atom. The van der Waals surface area contributed by atoms with E-state index in [-0.39, 0.29) is 0 Å². The standard InChI is InChI=1S/C22H22N6OS/c1-14-26-27-22(30-14)17-4-6-19(7-5-17)28-9-8-15(12-28)13-29-21-18(10-23)11-24-20(25-21)16-2-3-16/h4-7,11,15-16H,2-3,8-9,12-13H2,1H3. The van der Waals surface area contributed by atoms with Gasteiger partial charge in [-0.15, -0.1) is 10.2 Å². The molecule has 1 saturated carbocycles. The smallest absolute Gasteiger partial charge is 0.235 e. The largest absolute Gasteiger partial charge is 0.476 e. The normalized spacial score (nSPS) is 18.4. The Labute approximate surface area is 179 Å². The van der Waals surface area contributed by atoms with Crippen LogP contribution in [0.3, 0.4) is 0 Å². The molecule has 152 valence electrons. The number of aryl methyl sites for hydroxylation is 1. The van der Waals surface area contributed by atoms with Crippen molar-refractivity contribution in [1.82, 2.24) is 20.2 Å². The van der Waals surface area contributed by atoms with Gasteiger partial charge < -0.3 is 9.64 Å². The van der Waals surface area contributed by atoms with Crippen molar-refractivity contribution in [3.8, 4) is 22.5 Å². The van der Waals surface area contributed by atoms with Gasteiger partial charge >= 0.3 is 0 Å². The molecule has 1 atom stereocenters. The first kappa shape index (κ1) is 18.9. The number of rotatable bonds is 6. The van der Waals surface area contributed by atoms with Gasteiger partial charge in [-0.1, -0.05) is 11.3 Å². The molecule has 1 saturated heterocycles. The van der Waals surface area contributed by atoms with Crippen LogP contribution in [0.4, 0.5) is 5.69 Å². The van der Waals surface area contributed by atoms with Gasteiger partial charge in [-0.2, -0.15) is 10.2 Å². The Hall–Kier alpha value is -3.05. The van der Waals surface area contributed by atoms with Crippen LogP contribution in [0.2, 0.25) is 0 Å². The van der Waals surface area contributed by atoms with Gasteiger partial charge in [-0.05, 0) is 50.5 Å². The summed E-state index contributed by atoms with van der Waals surface area (Å²) in [6.07, 6.45) is 4.90. The molecule has 2 aliphatic rings. The van der Waals surface area contributed by atoms with Gasteiger partial charge in [-0.3, -0.25) is 0 Å². The van der Waals surface area contributed by atoms with E-state index in [1.54, 1.807) is 17.5 Å². The average molecular weight is 419 g/mol. The summed E-state index contributed by atoms with van der Waals surface area (Å²) in [6, 6.07) is 10.7. The maximum absolute atomic E-state index is 9.33. The van der Waals surface area contributed by atoms with Crippen molar-refractivity contribution in [3.63, 3.8) is 0 Å². The van der Waals surface area contributed by atoms with Gasteiger partial charge in [0.25, 0.3) is 0 Å². The minimum absolute atomic E-state index is 0.404. The topological polar surface area (TPSA) is 87.8 Å². The monoisotopic (exact) mass is 418 g/mol. The average Bonchev–Trinajstić information content (AvgIpc) is 3.37. The Bertz CT molecular complexity index is 1090. The number of ether oxygens (including phenoxy) is 1. The highest BCUT2D eigenvalue weighted by Gasteiger charge is 2.28. The molecule has 30 heavy (non-hydrogen) atoms. The van der Waals surface area contributed by atoms with E-state index in [0.29, 0.717) is 29.9 Å². The molecule has 2 aromatic heterocycles. The summed E-state index contributed by atoms with van der Waals surface area (Å²) in [5.74, 6) is 2.09. The van der Waals surface area contributed by atoms with Gasteiger partial charge in [0.05, 0.1) is 12.8 Å². The molecule has 0 bridgehead atoms. The van der Waals surface area contributed by atoms with Crippen LogP contribution in [0.1, 0.15) is 41.6 Å². The second-order valence-electron chi connectivity index (χ2n) is 7.92. The zero-order chi connectivity index (χ0) is 20.5. The third-order valence-corrected chi connectivity index (χ3v) is 6.47. The molecule has 0 spiro atoms. The number of benzene rings is 1. The van der Waals surface area contributed by atoms with Gasteiger partial charge in [0.15, 0.2) is 0 Å². The van der Waals surface area contributed by atoms with Crippen molar-refractivity contribution in [2.45, 2.75) is 32.1 Å². The summed E-state index contributed by atoms with van der Waals surface area (Å²) in [5, 5.41) is 19.6. The van der Waals surface area contributed by atoms with E-state index in [2.05, 4.69) is 55.4 Å². The van der Waals surface area contributed by atoms with Gasteiger partial charge in [0.1, 0.15) is 27.5 Å². The molecule has 1 unspecified atom stereocenters. The van der Waals surface area contributed by atoms with Crippen LogP contribution in [0.25, 0.3) is 10.6 Å². The SMILES string of the molecule is Cc1nnc(-c2ccc(N3CCC(COc4nc(C5CC5)ncc4C#N)C3)cc2)s1. The molecule has 2 fully saturated rings. The lowest BCUT2D eigenvalue weighted by atomic mass is 10.1. The van der Waals surface area contributed by atoms with Crippen LogP contribution in [-0.2, 0) is 0 Å². The van der Waals surface area contributed by atoms with Gasteiger partial charge in [-0.25, -0.2) is 4.98 Å². The van der Waals surface area contributed by atoms with Crippen molar-refractivity contribution >= 4 is 17.0 Å². The minimum Gasteiger partial charge on any atom is -0.476 e. The lowest BCUT2D eigenvalue weighted by Crippen LogP contribution is -2.22. The molecular weight excluding hydrogens is 396 g/mol. The molecule has 0 amide bonds. The summed E-state index contributed by atoms with van der Waals surface area (Å²) in [4.78, 5) is 11.2. The molecule has 3 heterocycles. The Morgan fingerprint density at radius 2 is 2.03 bits per heavy atom. The predicted molar refractivity (Wildman–Crippen MR) is 115 cm³/mol. The van der Waals surface area contributed by atoms with Crippen LogP contribution in [0.15, 0.2) is 30.5 Å². The van der Waals surface area contributed by atoms with E-state index >= 15 is 0 Å². The highest BCUT2D eigenvalue weighted by molar-refractivity contribution is 7.14. The zero-order valence-corrected chi connectivity index (χ0v) is 17.6. The summed E-state index contributed by atoms with van der Waals surface area (Å²) >= 11 is 1.61. The van der Waals surface area contributed by atoms with Crippen molar-refractivity contribution in [2.75, 3.05) is 24.6 Å². The number of hydrogen-bond acceptors (Lipinski definition) is 8. The molecule has 0 radical (unpaired) electrons. The van der Waals surface area contributed by atoms with E-state index < -0.39 is 0 Å². The molecule has 1 aromatic carbocycles. The molecule has 5 rings (SSSR count). The molecule has 1 aliphatic heterocycles. The second kappa shape index (κ2) is 8.00. The Balaban J connectivity index is 1.20. The summed E-state index contributed by atoms with van der Waals surface area (Å²) in [6.45, 7) is 4.46. The van der Waals surface area contributed by atoms with Crippen molar-refractivity contribution < 1.29 is 4.74 Å². The minimum atomic E-state index is 0.404. The van der Waals surface area contributed by atoms with Crippen molar-refractivity contribution in [3.05, 3.63) is 46.9 Å². The van der Waals surface area contributed by atoms with E-state index in [4.69, 9.17) is 4.74 Å². The first-order valence-electron chi connectivity index (χ1n) is 10.2. The second-order valence-corrected chi connectivity index (χ2v) is 9.10. The van der Waals surface area contributed by atoms with Crippen LogP contribution < -0.4 is 9.64 Å². The van der Waals surface area contributed by atoms with Crippen LogP contribution in [-0.4, -0.2) is 39.9 Å². The van der Waals surface area contributed by atoms with Crippen molar-refractivity contribution in [1.29, 1.82) is 5.26 Å². The predicted octanol–water partition coefficient (Wildman–Crippen LogP) is 3.96. The van der Waals surface area contributed by atoms with Crippen LogP contribution >= 0.6 is 11.3 Å². The molecule has 8 heteroatoms. The van der Waals surface area contributed by atoms with Gasteiger partial charge in [0.2, 0.25) is 5.88 Å². The Morgan fingerprint density at radius 1 is 1.20 bits per heavy atom. The van der Waals surface area contributed by atoms with Crippen LogP contribution in [0, 0.1) is 24.2 Å². The summed E-state index contributed by atoms with van der Waals surface area (Å²) in [5.41, 5.74) is 2.72. The Kier molecular flexibility index (Phi) is 5.05. The highest BCUT2D eigenvalue weighted by Crippen LogP contribution is 2.38. The van der Waals surface area contributed by atoms with Crippen LogP contribution in [0.5, 0.6) is 5.88 Å². The molecule has 1 aliphatic carbocycles. The first-order chi connectivity index (χ1) is 14.7. The van der Waals surface area contributed by atoms with Crippen molar-refractivity contribution in [2.24, 2.45) is 5.92 Å². The fourth-order valence-corrected chi connectivity index (χ4v) is 4.43. The first-order valence-corrected chi connectivity index (χ1v) is 11.1. The third kappa shape index (κ3) is 3.98. The number of aromatic nitrogens is 4. The molecule has 0 N–H and O–H groups in total. The lowest BCUT2D eigenvalue weighted by Gasteiger charge is -2.19. The van der Waals surface area contributed by atoms with E-state index in [9.17, 15) is 5.26 Å². The number of hydrogen-bond donors (Lipinski definition) is 0. The molecular formula is C22H22N6OS. The summed E-state index contributed by atoms with van der Waals surface area (Å²) in [7, 11) is 0. The van der Waals surface area contributed by atoms with Gasteiger partial charge in [0, 0.05) is 36.2 Å². The van der Waals surface area contributed by atoms with E-state index in [0.717, 1.165) is 53.8 Å². The lowest BCUT2D eigenvalue weighted by molar-refractivity contribution is 0.250. The van der Waals surface area contributed by atoms with E-state index in [1.165, 1.54) is 5.69 Å².